The van der Waals surface area contributed by atoms with Crippen molar-refractivity contribution >= 4 is 30.3 Å². The number of halogens is 1. The lowest BCUT2D eigenvalue weighted by molar-refractivity contribution is -0.138. The van der Waals surface area contributed by atoms with Crippen molar-refractivity contribution < 1.29 is 9.90 Å². The van der Waals surface area contributed by atoms with Crippen molar-refractivity contribution in [1.29, 1.82) is 10.8 Å². The van der Waals surface area contributed by atoms with Crippen molar-refractivity contribution in [3.05, 3.63) is 0 Å². The van der Waals surface area contributed by atoms with Gasteiger partial charge in [0.25, 0.3) is 0 Å². The Morgan fingerprint density at radius 1 is 1.05 bits per heavy atom. The monoisotopic (exact) mass is 340 g/mol. The fraction of sp³-hybridized carbons (Fsp3) is 0.727. The van der Waals surface area contributed by atoms with Crippen molar-refractivity contribution in [2.24, 2.45) is 22.9 Å². The molecule has 0 unspecified atom stereocenters. The van der Waals surface area contributed by atoms with Crippen molar-refractivity contribution in [2.75, 3.05) is 19.6 Å². The number of nitrogens with one attached hydrogen (secondary N) is 4. The molecule has 0 heterocycles. The number of aliphatic carboxylic acids is 1. The summed E-state index contributed by atoms with van der Waals surface area (Å²) in [7, 11) is 0. The Morgan fingerprint density at radius 3 is 1.86 bits per heavy atom. The molecule has 1 atom stereocenters. The van der Waals surface area contributed by atoms with E-state index in [-0.39, 0.29) is 24.3 Å². The van der Waals surface area contributed by atoms with E-state index in [0.717, 1.165) is 19.4 Å². The summed E-state index contributed by atoms with van der Waals surface area (Å²) in [5, 5.41) is 27.2. The van der Waals surface area contributed by atoms with Crippen molar-refractivity contribution in [3.8, 4) is 0 Å². The zero-order valence-corrected chi connectivity index (χ0v) is 13.4. The Morgan fingerprint density at radius 2 is 1.50 bits per heavy atom. The van der Waals surface area contributed by atoms with E-state index in [4.69, 9.17) is 38.9 Å². The van der Waals surface area contributed by atoms with Crippen LogP contribution >= 0.6 is 12.4 Å². The lowest BCUT2D eigenvalue weighted by Gasteiger charge is -2.06. The Bertz CT molecular complexity index is 316. The lowest BCUT2D eigenvalue weighted by Crippen LogP contribution is -2.34. The number of hydrogen-bond donors (Lipinski definition) is 9. The molecule has 0 aliphatic carbocycles. The van der Waals surface area contributed by atoms with Gasteiger partial charge in [0.15, 0.2) is 11.9 Å². The largest absolute Gasteiger partial charge is 0.480 e. The molecule has 0 aromatic rings. The van der Waals surface area contributed by atoms with Crippen molar-refractivity contribution in [3.63, 3.8) is 0 Å². The van der Waals surface area contributed by atoms with Gasteiger partial charge in [-0.3, -0.25) is 15.6 Å². The summed E-state index contributed by atoms with van der Waals surface area (Å²) < 4.78 is 0. The predicted molar refractivity (Wildman–Crippen MR) is 90.2 cm³/mol. The van der Waals surface area contributed by atoms with E-state index in [2.05, 4.69) is 10.6 Å². The number of nitrogens with two attached hydrogens (primary N) is 4. The third-order valence-electron chi connectivity index (χ3n) is 2.27. The number of carboxylic acids is 1. The zero-order chi connectivity index (χ0) is 16.7. The number of carbonyl (C=O) groups is 1. The number of unbranched alkanes of at least 4 members (excludes halogenated alkanes) is 1. The quantitative estimate of drug-likeness (QED) is 0.133. The van der Waals surface area contributed by atoms with E-state index in [1.807, 2.05) is 0 Å². The molecule has 22 heavy (non-hydrogen) atoms. The molecule has 0 aromatic heterocycles. The van der Waals surface area contributed by atoms with Gasteiger partial charge in [0, 0.05) is 13.1 Å². The fourth-order valence-corrected chi connectivity index (χ4v) is 1.16. The van der Waals surface area contributed by atoms with Gasteiger partial charge in [0.2, 0.25) is 0 Å². The van der Waals surface area contributed by atoms with Gasteiger partial charge in [-0.15, -0.1) is 12.4 Å². The molecule has 132 valence electrons. The standard InChI is InChI=1S/C6H14N4O2.C5H14N4.ClH/c7-4(5(11)12)2-1-3-10-6(8)9;6-3-1-2-4-9-5(7)8;/h4H,1-3,7H2,(H,11,12)(H4,8,9,10);1-4,6H2,(H4,7,8,9);1H/t4-;;/m0../s1. The molecule has 0 radical (unpaired) electrons. The summed E-state index contributed by atoms with van der Waals surface area (Å²) in [6.07, 6.45) is 2.94. The third kappa shape index (κ3) is 23.3. The van der Waals surface area contributed by atoms with Gasteiger partial charge in [-0.2, -0.15) is 0 Å². The highest BCUT2D eigenvalue weighted by molar-refractivity contribution is 5.85. The molecule has 10 nitrogen and oxygen atoms in total. The first-order chi connectivity index (χ1) is 9.81. The maximum absolute atomic E-state index is 10.2. The molecule has 0 fully saturated rings. The van der Waals surface area contributed by atoms with Crippen LogP contribution < -0.4 is 33.6 Å². The van der Waals surface area contributed by atoms with Gasteiger partial charge in [-0.05, 0) is 32.2 Å². The predicted octanol–water partition coefficient (Wildman–Crippen LogP) is -1.71. The number of rotatable bonds is 9. The minimum Gasteiger partial charge on any atom is -0.480 e. The molecule has 13 N–H and O–H groups in total. The first-order valence-electron chi connectivity index (χ1n) is 6.65. The summed E-state index contributed by atoms with van der Waals surface area (Å²) in [6.45, 7) is 1.95. The van der Waals surface area contributed by atoms with Crippen LogP contribution in [0.2, 0.25) is 0 Å². The zero-order valence-electron chi connectivity index (χ0n) is 12.6. The Labute approximate surface area is 136 Å². The summed E-state index contributed by atoms with van der Waals surface area (Å²) in [5.41, 5.74) is 20.5. The van der Waals surface area contributed by atoms with Crippen LogP contribution in [0.3, 0.4) is 0 Å². The Balaban J connectivity index is -0.000000326. The maximum Gasteiger partial charge on any atom is 0.320 e. The highest BCUT2D eigenvalue weighted by Crippen LogP contribution is 1.92. The molecule has 0 rings (SSSR count). The molecular weight excluding hydrogens is 312 g/mol. The van der Waals surface area contributed by atoms with Crippen LogP contribution in [0, 0.1) is 10.8 Å². The Kier molecular flexibility index (Phi) is 19.8. The summed E-state index contributed by atoms with van der Waals surface area (Å²) in [5.74, 6) is -1.08. The molecule has 0 aliphatic heterocycles. The highest BCUT2D eigenvalue weighted by Gasteiger charge is 2.09. The topological polar surface area (TPSA) is 213 Å². The number of guanidine groups is 2. The van der Waals surface area contributed by atoms with Crippen LogP contribution in [-0.4, -0.2) is 48.7 Å². The second kappa shape index (κ2) is 17.3. The molecule has 0 spiro atoms. The minimum atomic E-state index is -1.00. The molecule has 0 saturated carbocycles. The average molecular weight is 341 g/mol. The van der Waals surface area contributed by atoms with E-state index in [0.29, 0.717) is 25.9 Å². The van der Waals surface area contributed by atoms with E-state index < -0.39 is 12.0 Å². The lowest BCUT2D eigenvalue weighted by atomic mass is 10.2. The van der Waals surface area contributed by atoms with Crippen LogP contribution in [0.15, 0.2) is 0 Å². The van der Waals surface area contributed by atoms with Crippen molar-refractivity contribution in [1.82, 2.24) is 10.6 Å². The van der Waals surface area contributed by atoms with E-state index in [1.54, 1.807) is 0 Å². The molecule has 0 amide bonds. The molecule has 0 saturated heterocycles. The van der Waals surface area contributed by atoms with Crippen LogP contribution in [0.1, 0.15) is 25.7 Å². The number of hydrogen-bond acceptors (Lipinski definition) is 5. The summed E-state index contributed by atoms with van der Waals surface area (Å²) in [4.78, 5) is 10.2. The Hall–Kier alpha value is -1.78. The van der Waals surface area contributed by atoms with Gasteiger partial charge < -0.3 is 38.7 Å². The van der Waals surface area contributed by atoms with Gasteiger partial charge >= 0.3 is 5.97 Å². The fourth-order valence-electron chi connectivity index (χ4n) is 1.16. The van der Waals surface area contributed by atoms with Crippen LogP contribution in [0.4, 0.5) is 0 Å². The maximum atomic E-state index is 10.2. The average Bonchev–Trinajstić information content (AvgIpc) is 2.39. The molecule has 0 aromatic carbocycles. The molecule has 11 heteroatoms. The molecule has 0 bridgehead atoms. The second-order valence-electron chi connectivity index (χ2n) is 4.26. The summed E-state index contributed by atoms with van der Waals surface area (Å²) in [6, 6.07) is -0.821. The number of carboxylic acid groups (broad SMARTS) is 1. The van der Waals surface area contributed by atoms with E-state index >= 15 is 0 Å². The summed E-state index contributed by atoms with van der Waals surface area (Å²) >= 11 is 0. The molecule has 0 aliphatic rings. The van der Waals surface area contributed by atoms with E-state index in [1.165, 1.54) is 0 Å². The van der Waals surface area contributed by atoms with Crippen LogP contribution in [0.5, 0.6) is 0 Å². The van der Waals surface area contributed by atoms with Gasteiger partial charge in [0.05, 0.1) is 0 Å². The first kappa shape index (κ1) is 25.2. The SMILES string of the molecule is Cl.N=C(N)NCCCCN.N=C(N)NCCC[C@H](N)C(=O)O. The first-order valence-corrected chi connectivity index (χ1v) is 6.65. The van der Waals surface area contributed by atoms with Gasteiger partial charge in [-0.1, -0.05) is 0 Å². The van der Waals surface area contributed by atoms with Crippen LogP contribution in [-0.2, 0) is 4.79 Å². The normalized spacial score (nSPS) is 10.3. The minimum absolute atomic E-state index is 0. The smallest absolute Gasteiger partial charge is 0.320 e. The van der Waals surface area contributed by atoms with Gasteiger partial charge in [-0.25, -0.2) is 0 Å². The van der Waals surface area contributed by atoms with E-state index in [9.17, 15) is 4.79 Å². The molecular formula is C11H29ClN8O2. The second-order valence-corrected chi connectivity index (χ2v) is 4.26. The third-order valence-corrected chi connectivity index (χ3v) is 2.27. The van der Waals surface area contributed by atoms with Crippen molar-refractivity contribution in [2.45, 2.75) is 31.7 Å². The van der Waals surface area contributed by atoms with Gasteiger partial charge in [0.1, 0.15) is 6.04 Å². The van der Waals surface area contributed by atoms with Crippen LogP contribution in [0.25, 0.3) is 0 Å². The highest BCUT2D eigenvalue weighted by atomic mass is 35.5.